The van der Waals surface area contributed by atoms with Crippen molar-refractivity contribution in [3.05, 3.63) is 0 Å². The summed E-state index contributed by atoms with van der Waals surface area (Å²) in [5.41, 5.74) is -0.630. The third-order valence-corrected chi connectivity index (χ3v) is 1.16. The van der Waals surface area contributed by atoms with Crippen LogP contribution in [0.25, 0.3) is 0 Å². The van der Waals surface area contributed by atoms with Crippen molar-refractivity contribution in [2.24, 2.45) is 0 Å². The first-order chi connectivity index (χ1) is 5.72. The molecule has 0 rings (SSSR count). The summed E-state index contributed by atoms with van der Waals surface area (Å²) in [6.07, 6.45) is -1.52. The highest BCUT2D eigenvalue weighted by Crippen LogP contribution is 2.09. The second kappa shape index (κ2) is 4.37. The molecule has 4 heteroatoms. The minimum Gasteiger partial charge on any atom is -0.458 e. The summed E-state index contributed by atoms with van der Waals surface area (Å²) in [5.74, 6) is -0.985. The van der Waals surface area contributed by atoms with E-state index in [1.165, 1.54) is 6.92 Å². The SMILES string of the molecule is CC(=O)C[C@@H](O)C(=O)OC(C)(C)C. The molecule has 0 bridgehead atoms. The van der Waals surface area contributed by atoms with Crippen LogP contribution in [0.3, 0.4) is 0 Å². The summed E-state index contributed by atoms with van der Waals surface area (Å²) in [6, 6.07) is 0. The topological polar surface area (TPSA) is 63.6 Å². The Kier molecular flexibility index (Phi) is 4.07. The van der Waals surface area contributed by atoms with Crippen molar-refractivity contribution in [3.63, 3.8) is 0 Å². The molecular formula is C9H16O4. The number of hydrogen-bond acceptors (Lipinski definition) is 4. The smallest absolute Gasteiger partial charge is 0.335 e. The van der Waals surface area contributed by atoms with Gasteiger partial charge in [-0.3, -0.25) is 4.79 Å². The van der Waals surface area contributed by atoms with E-state index in [4.69, 9.17) is 9.84 Å². The van der Waals surface area contributed by atoms with Gasteiger partial charge in [0.15, 0.2) is 6.10 Å². The summed E-state index contributed by atoms with van der Waals surface area (Å²) in [6.45, 7) is 6.41. The van der Waals surface area contributed by atoms with Gasteiger partial charge in [-0.25, -0.2) is 4.79 Å². The van der Waals surface area contributed by atoms with Crippen LogP contribution in [0.2, 0.25) is 0 Å². The molecule has 0 aromatic rings. The third kappa shape index (κ3) is 6.28. The molecule has 1 atom stereocenters. The molecule has 0 saturated heterocycles. The molecule has 0 spiro atoms. The van der Waals surface area contributed by atoms with Crippen LogP contribution in [0.1, 0.15) is 34.1 Å². The van der Waals surface area contributed by atoms with Crippen molar-refractivity contribution in [1.82, 2.24) is 0 Å². The van der Waals surface area contributed by atoms with Gasteiger partial charge in [-0.1, -0.05) is 0 Å². The molecule has 0 radical (unpaired) electrons. The average molecular weight is 188 g/mol. The first-order valence-corrected chi connectivity index (χ1v) is 4.13. The highest BCUT2D eigenvalue weighted by atomic mass is 16.6. The lowest BCUT2D eigenvalue weighted by Crippen LogP contribution is -2.32. The maximum atomic E-state index is 11.1. The van der Waals surface area contributed by atoms with E-state index in [2.05, 4.69) is 0 Å². The summed E-state index contributed by atoms with van der Waals surface area (Å²) in [5, 5.41) is 9.16. The van der Waals surface area contributed by atoms with Crippen LogP contribution in [-0.2, 0) is 14.3 Å². The Balaban J connectivity index is 4.05. The molecule has 0 aromatic heterocycles. The molecule has 0 aromatic carbocycles. The molecule has 0 aliphatic rings. The zero-order valence-corrected chi connectivity index (χ0v) is 8.46. The lowest BCUT2D eigenvalue weighted by Gasteiger charge is -2.21. The number of carbonyl (C=O) groups excluding carboxylic acids is 2. The van der Waals surface area contributed by atoms with Crippen LogP contribution in [0.5, 0.6) is 0 Å². The van der Waals surface area contributed by atoms with Crippen molar-refractivity contribution in [3.8, 4) is 0 Å². The van der Waals surface area contributed by atoms with Gasteiger partial charge in [0.05, 0.1) is 0 Å². The Hall–Kier alpha value is -0.900. The van der Waals surface area contributed by atoms with E-state index in [9.17, 15) is 9.59 Å². The molecule has 0 saturated carbocycles. The van der Waals surface area contributed by atoms with Gasteiger partial charge < -0.3 is 9.84 Å². The largest absolute Gasteiger partial charge is 0.458 e. The van der Waals surface area contributed by atoms with Crippen LogP contribution in [0, 0.1) is 0 Å². The Morgan fingerprint density at radius 1 is 1.38 bits per heavy atom. The molecule has 0 heterocycles. The van der Waals surface area contributed by atoms with E-state index >= 15 is 0 Å². The molecule has 0 amide bonds. The number of Topliss-reactive ketones (excluding diaryl/α,β-unsaturated/α-hetero) is 1. The van der Waals surface area contributed by atoms with Crippen molar-refractivity contribution < 1.29 is 19.4 Å². The predicted octanol–water partition coefficient (Wildman–Crippen LogP) is 0.668. The normalized spacial score (nSPS) is 13.6. The second-order valence-corrected chi connectivity index (χ2v) is 3.96. The highest BCUT2D eigenvalue weighted by Gasteiger charge is 2.23. The van der Waals surface area contributed by atoms with Gasteiger partial charge in [-0.2, -0.15) is 0 Å². The Morgan fingerprint density at radius 2 is 1.85 bits per heavy atom. The van der Waals surface area contributed by atoms with Crippen LogP contribution in [0.15, 0.2) is 0 Å². The molecule has 0 unspecified atom stereocenters. The fourth-order valence-electron chi connectivity index (χ4n) is 0.725. The molecule has 1 N–H and O–H groups in total. The van der Waals surface area contributed by atoms with Crippen molar-refractivity contribution in [2.75, 3.05) is 0 Å². The Bertz CT molecular complexity index is 202. The van der Waals surface area contributed by atoms with E-state index in [0.29, 0.717) is 0 Å². The van der Waals surface area contributed by atoms with Crippen molar-refractivity contribution in [2.45, 2.75) is 45.8 Å². The standard InChI is InChI=1S/C9H16O4/c1-6(10)5-7(11)8(12)13-9(2,3)4/h7,11H,5H2,1-4H3/t7-/m1/s1. The number of hydrogen-bond donors (Lipinski definition) is 1. The zero-order chi connectivity index (χ0) is 10.6. The van der Waals surface area contributed by atoms with Gasteiger partial charge in [0.2, 0.25) is 0 Å². The number of aliphatic hydroxyl groups excluding tert-OH is 1. The molecule has 76 valence electrons. The van der Waals surface area contributed by atoms with Gasteiger partial charge in [0.1, 0.15) is 11.4 Å². The quantitative estimate of drug-likeness (QED) is 0.661. The number of ether oxygens (including phenoxy) is 1. The molecular weight excluding hydrogens is 172 g/mol. The molecule has 13 heavy (non-hydrogen) atoms. The van der Waals surface area contributed by atoms with Crippen LogP contribution >= 0.6 is 0 Å². The Labute approximate surface area is 77.9 Å². The van der Waals surface area contributed by atoms with Crippen LogP contribution in [0.4, 0.5) is 0 Å². The number of rotatable bonds is 3. The number of ketones is 1. The fraction of sp³-hybridized carbons (Fsp3) is 0.778. The van der Waals surface area contributed by atoms with E-state index in [-0.39, 0.29) is 12.2 Å². The summed E-state index contributed by atoms with van der Waals surface area (Å²) in [4.78, 5) is 21.6. The number of carbonyl (C=O) groups is 2. The highest BCUT2D eigenvalue weighted by molar-refractivity contribution is 5.84. The lowest BCUT2D eigenvalue weighted by molar-refractivity contribution is -0.166. The molecule has 0 aliphatic heterocycles. The van der Waals surface area contributed by atoms with Crippen molar-refractivity contribution in [1.29, 1.82) is 0 Å². The number of aliphatic hydroxyl groups is 1. The maximum Gasteiger partial charge on any atom is 0.335 e. The third-order valence-electron chi connectivity index (χ3n) is 1.16. The first kappa shape index (κ1) is 12.1. The minimum atomic E-state index is -1.34. The Morgan fingerprint density at radius 3 is 2.15 bits per heavy atom. The fourth-order valence-corrected chi connectivity index (χ4v) is 0.725. The molecule has 0 aliphatic carbocycles. The maximum absolute atomic E-state index is 11.1. The average Bonchev–Trinajstić information content (AvgIpc) is 1.81. The van der Waals surface area contributed by atoms with Gasteiger partial charge >= 0.3 is 5.97 Å². The number of esters is 1. The molecule has 4 nitrogen and oxygen atoms in total. The van der Waals surface area contributed by atoms with E-state index in [1.807, 2.05) is 0 Å². The minimum absolute atomic E-state index is 0.186. The second-order valence-electron chi connectivity index (χ2n) is 3.96. The van der Waals surface area contributed by atoms with Gasteiger partial charge in [0.25, 0.3) is 0 Å². The summed E-state index contributed by atoms with van der Waals surface area (Å²) in [7, 11) is 0. The zero-order valence-electron chi connectivity index (χ0n) is 8.46. The summed E-state index contributed by atoms with van der Waals surface area (Å²) >= 11 is 0. The first-order valence-electron chi connectivity index (χ1n) is 4.13. The van der Waals surface area contributed by atoms with E-state index < -0.39 is 17.7 Å². The van der Waals surface area contributed by atoms with E-state index in [1.54, 1.807) is 20.8 Å². The summed E-state index contributed by atoms with van der Waals surface area (Å²) < 4.78 is 4.86. The van der Waals surface area contributed by atoms with Crippen LogP contribution in [-0.4, -0.2) is 28.6 Å². The van der Waals surface area contributed by atoms with Gasteiger partial charge in [0, 0.05) is 6.42 Å². The predicted molar refractivity (Wildman–Crippen MR) is 47.1 cm³/mol. The van der Waals surface area contributed by atoms with Crippen LogP contribution < -0.4 is 0 Å². The van der Waals surface area contributed by atoms with Gasteiger partial charge in [-0.15, -0.1) is 0 Å². The van der Waals surface area contributed by atoms with Crippen molar-refractivity contribution >= 4 is 11.8 Å². The van der Waals surface area contributed by atoms with Gasteiger partial charge in [-0.05, 0) is 27.7 Å². The molecule has 0 fully saturated rings. The van der Waals surface area contributed by atoms with E-state index in [0.717, 1.165) is 0 Å². The lowest BCUT2D eigenvalue weighted by atomic mass is 10.1. The monoisotopic (exact) mass is 188 g/mol.